The quantitative estimate of drug-likeness (QED) is 0.0340. The lowest BCUT2D eigenvalue weighted by Crippen LogP contribution is -2.70. The van der Waals surface area contributed by atoms with Crippen molar-refractivity contribution in [3.63, 3.8) is 0 Å². The molecule has 3 N–H and O–H groups in total. The molecule has 1 aliphatic heterocycles. The van der Waals surface area contributed by atoms with Gasteiger partial charge >= 0.3 is 0 Å². The maximum Gasteiger partial charge on any atom is 0.269 e. The molecular weight excluding hydrogens is 841 g/mol. The molecule has 16 heteroatoms. The lowest BCUT2D eigenvalue weighted by Gasteiger charge is -2.59. The van der Waals surface area contributed by atoms with Crippen molar-refractivity contribution in [2.45, 2.75) is 94.5 Å². The van der Waals surface area contributed by atoms with Crippen LogP contribution in [0.3, 0.4) is 0 Å². The zero-order valence-corrected chi connectivity index (χ0v) is 37.4. The molecule has 6 atom stereocenters. The van der Waals surface area contributed by atoms with Crippen molar-refractivity contribution in [1.29, 1.82) is 0 Å². The number of fused-ring (bicyclic) bond motifs is 2. The fourth-order valence-electron chi connectivity index (χ4n) is 9.48. The van der Waals surface area contributed by atoms with Gasteiger partial charge in [0.05, 0.1) is 34.1 Å². The zero-order chi connectivity index (χ0) is 45.9. The fraction of sp³-hybridized carbons (Fsp3) is 0.458. The largest absolute Gasteiger partial charge is 0.490 e. The first kappa shape index (κ1) is 48.1. The van der Waals surface area contributed by atoms with Crippen LogP contribution in [0.25, 0.3) is 0 Å². The number of non-ortho nitro benzene ring substituents is 1. The van der Waals surface area contributed by atoms with E-state index in [1.807, 2.05) is 25.1 Å². The average molecular weight is 901 g/mol. The minimum atomic E-state index is -4.31. The first-order valence-electron chi connectivity index (χ1n) is 22.0. The molecule has 6 rings (SSSR count). The molecule has 3 aromatic rings. The van der Waals surface area contributed by atoms with E-state index in [0.717, 1.165) is 36.8 Å². The highest BCUT2D eigenvalue weighted by Gasteiger charge is 2.66. The minimum absolute atomic E-state index is 0.00871. The van der Waals surface area contributed by atoms with Gasteiger partial charge in [-0.05, 0) is 110 Å². The first-order valence-corrected chi connectivity index (χ1v) is 23.4. The Kier molecular flexibility index (Phi) is 16.5. The van der Waals surface area contributed by atoms with Crippen molar-refractivity contribution in [2.24, 2.45) is 22.9 Å². The number of aliphatic hydroxyl groups excluding tert-OH is 2. The number of carbonyl (C=O) groups excluding carboxylic acids is 1. The maximum atomic E-state index is 15.2. The number of sulfonamides is 1. The van der Waals surface area contributed by atoms with E-state index in [1.54, 1.807) is 36.4 Å². The van der Waals surface area contributed by atoms with Gasteiger partial charge in [0.2, 0.25) is 21.7 Å². The number of ether oxygens (including phenoxy) is 3. The molecule has 344 valence electrons. The molecule has 0 bridgehead atoms. The number of benzene rings is 3. The van der Waals surface area contributed by atoms with Crippen LogP contribution in [0.1, 0.15) is 82.3 Å². The highest BCUT2D eigenvalue weighted by molar-refractivity contribution is 7.89. The Bertz CT molecular complexity index is 2280. The van der Waals surface area contributed by atoms with Gasteiger partial charge in [-0.2, -0.15) is 4.31 Å². The molecule has 64 heavy (non-hydrogen) atoms. The van der Waals surface area contributed by atoms with Crippen LogP contribution in [0.15, 0.2) is 114 Å². The summed E-state index contributed by atoms with van der Waals surface area (Å²) in [6.07, 6.45) is 10.1. The number of nitro groups is 1. The minimum Gasteiger partial charge on any atom is -0.490 e. The summed E-state index contributed by atoms with van der Waals surface area (Å²) in [5, 5.41) is 38.7. The average Bonchev–Trinajstić information content (AvgIpc) is 3.28. The normalized spacial score (nSPS) is 23.0. The number of hydrogen-bond acceptors (Lipinski definition) is 12. The predicted molar refractivity (Wildman–Crippen MR) is 243 cm³/mol. The molecule has 1 fully saturated rings. The number of carbonyl (C=O) groups is 1. The number of allylic oxidation sites excluding steroid dienone is 1. The molecule has 3 aromatic carbocycles. The standard InChI is InChI=1S/C48H60N4O11S/c1-5-24-51(64(58,59)39-21-16-36(17-22-39)49-33(4)55)45-31-43(50-62-32-34-14-18-37(19-15-34)52(56)57)41-29-35(12-8-10-25-53)40(13-9-11-26-54)46-42-30-38(60-27-6-2)20-23-44(42)63-48(45,47(41)46)61-28-7-3/h6-7,14-23,29-30,35,40,45-47,53-54H,2-3,5,8-13,24-28,31-32H2,1,4H3,(H,49,55). The van der Waals surface area contributed by atoms with E-state index in [0.29, 0.717) is 47.7 Å². The Morgan fingerprint density at radius 2 is 1.72 bits per heavy atom. The van der Waals surface area contributed by atoms with Gasteiger partial charge in [-0.15, -0.1) is 6.58 Å². The van der Waals surface area contributed by atoms with Crippen LogP contribution in [0.2, 0.25) is 0 Å². The van der Waals surface area contributed by atoms with Gasteiger partial charge in [0, 0.05) is 62.4 Å². The van der Waals surface area contributed by atoms with Gasteiger partial charge in [0.1, 0.15) is 24.7 Å². The number of aliphatic hydroxyl groups is 2. The van der Waals surface area contributed by atoms with Crippen LogP contribution >= 0.6 is 0 Å². The van der Waals surface area contributed by atoms with E-state index in [4.69, 9.17) is 24.2 Å². The van der Waals surface area contributed by atoms with Crippen molar-refractivity contribution in [3.05, 3.63) is 125 Å². The van der Waals surface area contributed by atoms with Crippen LogP contribution in [-0.4, -0.2) is 84.3 Å². The summed E-state index contributed by atoms with van der Waals surface area (Å²) in [6.45, 7) is 11.5. The highest BCUT2D eigenvalue weighted by atomic mass is 32.2. The summed E-state index contributed by atoms with van der Waals surface area (Å²) in [6, 6.07) is 16.7. The first-order chi connectivity index (χ1) is 30.9. The SMILES string of the molecule is C=CCOc1ccc2c(c1)C1C(CCCCO)C(CCCCO)C=C3C(=NOCc4ccc([N+](=O)[O-])cc4)CC(N(CCC)S(=O)(=O)c4ccc(NC(C)=O)cc4)C(OCC=C)(O2)C31. The number of anilines is 1. The molecule has 0 aromatic heterocycles. The molecule has 0 spiro atoms. The van der Waals surface area contributed by atoms with E-state index in [-0.39, 0.29) is 80.2 Å². The maximum absolute atomic E-state index is 15.2. The van der Waals surface area contributed by atoms with Gasteiger partial charge in [-0.1, -0.05) is 49.7 Å². The highest BCUT2D eigenvalue weighted by Crippen LogP contribution is 2.62. The van der Waals surface area contributed by atoms with E-state index >= 15 is 8.42 Å². The molecule has 0 radical (unpaired) electrons. The molecule has 2 aliphatic carbocycles. The van der Waals surface area contributed by atoms with E-state index in [9.17, 15) is 25.1 Å². The predicted octanol–water partition coefficient (Wildman–Crippen LogP) is 8.05. The van der Waals surface area contributed by atoms with Crippen molar-refractivity contribution in [2.75, 3.05) is 38.3 Å². The molecule has 1 saturated carbocycles. The van der Waals surface area contributed by atoms with Crippen LogP contribution in [0, 0.1) is 27.9 Å². The lowest BCUT2D eigenvalue weighted by molar-refractivity contribution is -0.384. The third-order valence-corrected chi connectivity index (χ3v) is 14.1. The summed E-state index contributed by atoms with van der Waals surface area (Å²) in [7, 11) is -4.31. The van der Waals surface area contributed by atoms with E-state index in [1.165, 1.54) is 35.5 Å². The molecule has 6 unspecified atom stereocenters. The van der Waals surface area contributed by atoms with Gasteiger partial charge in [0.15, 0.2) is 0 Å². The third-order valence-electron chi connectivity index (χ3n) is 12.1. The molecular formula is C48H60N4O11S. The summed E-state index contributed by atoms with van der Waals surface area (Å²) in [5.74, 6) is -1.88. The van der Waals surface area contributed by atoms with E-state index < -0.39 is 32.7 Å². The van der Waals surface area contributed by atoms with Crippen molar-refractivity contribution in [1.82, 2.24) is 4.31 Å². The van der Waals surface area contributed by atoms with Gasteiger partial charge < -0.3 is 34.6 Å². The Labute approximate surface area is 375 Å². The molecule has 1 heterocycles. The van der Waals surface area contributed by atoms with Crippen LogP contribution < -0.4 is 14.8 Å². The van der Waals surface area contributed by atoms with Crippen LogP contribution in [0.5, 0.6) is 11.5 Å². The van der Waals surface area contributed by atoms with Crippen LogP contribution in [0.4, 0.5) is 11.4 Å². The topological polar surface area (TPSA) is 199 Å². The molecule has 3 aliphatic rings. The number of oxime groups is 1. The lowest BCUT2D eigenvalue weighted by atomic mass is 9.55. The number of nitrogens with one attached hydrogen (secondary N) is 1. The Hall–Kier alpha value is -5.39. The summed E-state index contributed by atoms with van der Waals surface area (Å²) in [5.41, 5.74) is 3.19. The van der Waals surface area contributed by atoms with Gasteiger partial charge in [0.25, 0.3) is 5.69 Å². The second-order valence-corrected chi connectivity index (χ2v) is 18.3. The second kappa shape index (κ2) is 22.0. The Morgan fingerprint density at radius 3 is 2.36 bits per heavy atom. The second-order valence-electron chi connectivity index (χ2n) is 16.4. The molecule has 0 saturated heterocycles. The van der Waals surface area contributed by atoms with E-state index in [2.05, 4.69) is 24.6 Å². The number of nitrogens with zero attached hydrogens (tertiary/aromatic N) is 3. The molecule has 1 amide bonds. The van der Waals surface area contributed by atoms with Crippen LogP contribution in [-0.2, 0) is 31.0 Å². The number of unbranched alkanes of at least 4 members (excludes halogenated alkanes) is 2. The number of nitro benzene ring substituents is 1. The third kappa shape index (κ3) is 10.6. The zero-order valence-electron chi connectivity index (χ0n) is 36.6. The summed E-state index contributed by atoms with van der Waals surface area (Å²) >= 11 is 0. The number of rotatable bonds is 24. The Morgan fingerprint density at radius 1 is 1.02 bits per heavy atom. The van der Waals surface area contributed by atoms with Gasteiger partial charge in [-0.3, -0.25) is 14.9 Å². The Balaban J connectivity index is 1.59. The summed E-state index contributed by atoms with van der Waals surface area (Å²) < 4.78 is 52.2. The van der Waals surface area contributed by atoms with Crippen molar-refractivity contribution < 1.29 is 47.4 Å². The van der Waals surface area contributed by atoms with Crippen molar-refractivity contribution >= 4 is 33.0 Å². The smallest absolute Gasteiger partial charge is 0.269 e. The number of hydrogen-bond donors (Lipinski definition) is 3. The summed E-state index contributed by atoms with van der Waals surface area (Å²) in [4.78, 5) is 28.8. The molecule has 15 nitrogen and oxygen atoms in total. The van der Waals surface area contributed by atoms with Crippen molar-refractivity contribution in [3.8, 4) is 11.5 Å². The number of amides is 1. The monoisotopic (exact) mass is 900 g/mol. The van der Waals surface area contributed by atoms with Gasteiger partial charge in [-0.25, -0.2) is 8.42 Å². The fourth-order valence-corrected chi connectivity index (χ4v) is 11.2.